The second kappa shape index (κ2) is 6.48. The lowest BCUT2D eigenvalue weighted by atomic mass is 9.91. The third kappa shape index (κ3) is 2.68. The molecule has 2 atom stereocenters. The van der Waals surface area contributed by atoms with Crippen LogP contribution in [-0.4, -0.2) is 19.3 Å². The fourth-order valence-corrected chi connectivity index (χ4v) is 3.17. The minimum Gasteiger partial charge on any atom is -0.504 e. The van der Waals surface area contributed by atoms with Crippen LogP contribution in [0.15, 0.2) is 36.4 Å². The van der Waals surface area contributed by atoms with E-state index in [9.17, 15) is 5.11 Å². The first-order chi connectivity index (χ1) is 11.6. The summed E-state index contributed by atoms with van der Waals surface area (Å²) in [5.41, 5.74) is 3.18. The Balaban J connectivity index is 2.03. The lowest BCUT2D eigenvalue weighted by Crippen LogP contribution is -2.07. The maximum absolute atomic E-state index is 9.80. The van der Waals surface area contributed by atoms with Crippen LogP contribution < -0.4 is 14.2 Å². The van der Waals surface area contributed by atoms with Gasteiger partial charge in [-0.3, -0.25) is 0 Å². The first-order valence-electron chi connectivity index (χ1n) is 7.97. The third-order valence-electron chi connectivity index (χ3n) is 4.41. The van der Waals surface area contributed by atoms with Crippen molar-refractivity contribution in [3.8, 4) is 23.0 Å². The van der Waals surface area contributed by atoms with E-state index in [2.05, 4.69) is 13.0 Å². The van der Waals surface area contributed by atoms with Crippen molar-refractivity contribution < 1.29 is 19.3 Å². The van der Waals surface area contributed by atoms with Crippen molar-refractivity contribution in [1.82, 2.24) is 0 Å². The molecule has 3 rings (SSSR count). The molecule has 126 valence electrons. The highest BCUT2D eigenvalue weighted by Gasteiger charge is 2.35. The largest absolute Gasteiger partial charge is 0.504 e. The number of ether oxygens (including phenoxy) is 3. The molecule has 0 saturated heterocycles. The van der Waals surface area contributed by atoms with Gasteiger partial charge < -0.3 is 19.3 Å². The number of rotatable bonds is 4. The Labute approximate surface area is 142 Å². The number of aromatic hydroxyl groups is 1. The molecule has 0 bridgehead atoms. The van der Waals surface area contributed by atoms with Crippen LogP contribution in [0.1, 0.15) is 42.6 Å². The number of hydrogen-bond acceptors (Lipinski definition) is 4. The fourth-order valence-electron chi connectivity index (χ4n) is 3.17. The molecule has 0 spiro atoms. The molecule has 4 heteroatoms. The Morgan fingerprint density at radius 2 is 1.83 bits per heavy atom. The molecule has 1 heterocycles. The van der Waals surface area contributed by atoms with Crippen molar-refractivity contribution in [2.45, 2.75) is 25.9 Å². The summed E-state index contributed by atoms with van der Waals surface area (Å²) in [5.74, 6) is 2.25. The van der Waals surface area contributed by atoms with E-state index in [4.69, 9.17) is 14.2 Å². The quantitative estimate of drug-likeness (QED) is 0.886. The Bertz CT molecular complexity index is 779. The molecular formula is C20H22O4. The molecule has 1 aliphatic rings. The molecule has 0 aliphatic carbocycles. The summed E-state index contributed by atoms with van der Waals surface area (Å²) in [6, 6.07) is 9.44. The summed E-state index contributed by atoms with van der Waals surface area (Å²) < 4.78 is 16.9. The summed E-state index contributed by atoms with van der Waals surface area (Å²) >= 11 is 0. The van der Waals surface area contributed by atoms with Crippen LogP contribution >= 0.6 is 0 Å². The van der Waals surface area contributed by atoms with Crippen molar-refractivity contribution in [3.63, 3.8) is 0 Å². The minimum absolute atomic E-state index is 0.123. The predicted molar refractivity (Wildman–Crippen MR) is 94.1 cm³/mol. The SMILES string of the molecule is C/C=C\c1cc(OC)c2c(c1)[C@@H](C)[C@@H](c1ccc(O)c(OC)c1)O2. The number of hydrogen-bond donors (Lipinski definition) is 1. The zero-order valence-electron chi connectivity index (χ0n) is 14.4. The number of methoxy groups -OCH3 is 2. The lowest BCUT2D eigenvalue weighted by molar-refractivity contribution is 0.207. The smallest absolute Gasteiger partial charge is 0.165 e. The van der Waals surface area contributed by atoms with Crippen molar-refractivity contribution in [3.05, 3.63) is 53.1 Å². The van der Waals surface area contributed by atoms with Crippen molar-refractivity contribution >= 4 is 6.08 Å². The van der Waals surface area contributed by atoms with Gasteiger partial charge in [0.1, 0.15) is 6.10 Å². The molecule has 0 radical (unpaired) electrons. The van der Waals surface area contributed by atoms with Crippen LogP contribution in [0, 0.1) is 0 Å². The molecule has 24 heavy (non-hydrogen) atoms. The van der Waals surface area contributed by atoms with Gasteiger partial charge in [-0.25, -0.2) is 0 Å². The average Bonchev–Trinajstić information content (AvgIpc) is 2.92. The highest BCUT2D eigenvalue weighted by molar-refractivity contribution is 5.62. The summed E-state index contributed by atoms with van der Waals surface area (Å²) in [6.07, 6.45) is 3.90. The highest BCUT2D eigenvalue weighted by Crippen LogP contribution is 2.51. The molecular weight excluding hydrogens is 304 g/mol. The topological polar surface area (TPSA) is 47.9 Å². The molecule has 0 unspecified atom stereocenters. The molecule has 0 saturated carbocycles. The van der Waals surface area contributed by atoms with Gasteiger partial charge in [0.25, 0.3) is 0 Å². The van der Waals surface area contributed by atoms with Crippen LogP contribution in [0.5, 0.6) is 23.0 Å². The average molecular weight is 326 g/mol. The summed E-state index contributed by atoms with van der Waals surface area (Å²) in [5, 5.41) is 9.80. The zero-order chi connectivity index (χ0) is 17.3. The van der Waals surface area contributed by atoms with Gasteiger partial charge in [-0.15, -0.1) is 0 Å². The van der Waals surface area contributed by atoms with E-state index in [0.717, 1.165) is 28.2 Å². The first-order valence-corrected chi connectivity index (χ1v) is 7.97. The van der Waals surface area contributed by atoms with E-state index < -0.39 is 0 Å². The van der Waals surface area contributed by atoms with Gasteiger partial charge in [-0.05, 0) is 42.3 Å². The second-order valence-electron chi connectivity index (χ2n) is 5.90. The highest BCUT2D eigenvalue weighted by atomic mass is 16.5. The van der Waals surface area contributed by atoms with Gasteiger partial charge in [-0.2, -0.15) is 0 Å². The Morgan fingerprint density at radius 1 is 1.08 bits per heavy atom. The summed E-state index contributed by atoms with van der Waals surface area (Å²) in [4.78, 5) is 0. The second-order valence-corrected chi connectivity index (χ2v) is 5.90. The number of phenolic OH excluding ortho intramolecular Hbond substituents is 1. The Kier molecular flexibility index (Phi) is 4.38. The van der Waals surface area contributed by atoms with Gasteiger partial charge in [0.05, 0.1) is 14.2 Å². The molecule has 2 aromatic carbocycles. The minimum atomic E-state index is -0.149. The maximum Gasteiger partial charge on any atom is 0.165 e. The van der Waals surface area contributed by atoms with Crippen LogP contribution in [0.2, 0.25) is 0 Å². The number of allylic oxidation sites excluding steroid dienone is 1. The van der Waals surface area contributed by atoms with E-state index in [1.165, 1.54) is 0 Å². The van der Waals surface area contributed by atoms with Gasteiger partial charge in [-0.1, -0.05) is 25.1 Å². The molecule has 1 aliphatic heterocycles. The van der Waals surface area contributed by atoms with Gasteiger partial charge >= 0.3 is 0 Å². The van der Waals surface area contributed by atoms with Gasteiger partial charge in [0, 0.05) is 11.5 Å². The number of fused-ring (bicyclic) bond motifs is 1. The molecule has 0 fully saturated rings. The summed E-state index contributed by atoms with van der Waals surface area (Å²) in [7, 11) is 3.19. The Morgan fingerprint density at radius 3 is 2.50 bits per heavy atom. The standard InChI is InChI=1S/C20H22O4/c1-5-6-13-9-15-12(2)19(24-20(15)18(10-13)23-4)14-7-8-16(21)17(11-14)22-3/h5-12,19,21H,1-4H3/b6-5-/t12-,19+/m1/s1. The van der Waals surface area contributed by atoms with E-state index in [0.29, 0.717) is 5.75 Å². The lowest BCUT2D eigenvalue weighted by Gasteiger charge is -2.17. The third-order valence-corrected chi connectivity index (χ3v) is 4.41. The number of benzene rings is 2. The van der Waals surface area contributed by atoms with Crippen molar-refractivity contribution in [1.29, 1.82) is 0 Å². The zero-order valence-corrected chi connectivity index (χ0v) is 14.4. The van der Waals surface area contributed by atoms with E-state index in [1.54, 1.807) is 20.3 Å². The van der Waals surface area contributed by atoms with Crippen molar-refractivity contribution in [2.75, 3.05) is 14.2 Å². The van der Waals surface area contributed by atoms with E-state index in [-0.39, 0.29) is 17.8 Å². The molecule has 0 aromatic heterocycles. The van der Waals surface area contributed by atoms with E-state index in [1.807, 2.05) is 37.3 Å². The van der Waals surface area contributed by atoms with Crippen LogP contribution in [0.3, 0.4) is 0 Å². The number of phenols is 1. The molecule has 1 N–H and O–H groups in total. The fraction of sp³-hybridized carbons (Fsp3) is 0.300. The van der Waals surface area contributed by atoms with Crippen LogP contribution in [0.25, 0.3) is 6.08 Å². The molecule has 4 nitrogen and oxygen atoms in total. The molecule has 2 aromatic rings. The van der Waals surface area contributed by atoms with E-state index >= 15 is 0 Å². The monoisotopic (exact) mass is 326 g/mol. The molecule has 0 amide bonds. The van der Waals surface area contributed by atoms with Gasteiger partial charge in [0.15, 0.2) is 23.0 Å². The maximum atomic E-state index is 9.80. The predicted octanol–water partition coefficient (Wildman–Crippen LogP) is 4.68. The summed E-state index contributed by atoms with van der Waals surface area (Å²) in [6.45, 7) is 4.12. The first kappa shape index (κ1) is 16.2. The van der Waals surface area contributed by atoms with Crippen LogP contribution in [-0.2, 0) is 0 Å². The van der Waals surface area contributed by atoms with Gasteiger partial charge in [0.2, 0.25) is 0 Å². The Hall–Kier alpha value is -2.62. The van der Waals surface area contributed by atoms with Crippen molar-refractivity contribution in [2.24, 2.45) is 0 Å². The normalized spacial score (nSPS) is 19.2. The van der Waals surface area contributed by atoms with Crippen LogP contribution in [0.4, 0.5) is 0 Å².